The molecule has 2 nitrogen and oxygen atoms in total. The molecular weight excluding hydrogens is 220 g/mol. The molecule has 90 valence electrons. The van der Waals surface area contributed by atoms with Crippen LogP contribution in [0.4, 0.5) is 0 Å². The lowest BCUT2D eigenvalue weighted by molar-refractivity contribution is 0.467. The summed E-state index contributed by atoms with van der Waals surface area (Å²) in [5.74, 6) is 5.56. The summed E-state index contributed by atoms with van der Waals surface area (Å²) in [6.07, 6.45) is 5.73. The Balaban J connectivity index is 2.46. The Morgan fingerprint density at radius 2 is 2.06 bits per heavy atom. The fraction of sp³-hybridized carbons (Fsp3) is 0.538. The number of halogens is 1. The first-order valence-corrected chi connectivity index (χ1v) is 6.35. The molecule has 0 radical (unpaired) electrons. The molecule has 0 saturated carbocycles. The van der Waals surface area contributed by atoms with Crippen LogP contribution >= 0.6 is 11.6 Å². The maximum Gasteiger partial charge on any atom is 0.0438 e. The van der Waals surface area contributed by atoms with Gasteiger partial charge in [0, 0.05) is 11.1 Å². The van der Waals surface area contributed by atoms with Gasteiger partial charge in [-0.05, 0) is 24.5 Å². The number of hydrogen-bond donors (Lipinski definition) is 2. The van der Waals surface area contributed by atoms with E-state index in [0.717, 1.165) is 17.9 Å². The second kappa shape index (κ2) is 7.66. The van der Waals surface area contributed by atoms with Crippen LogP contribution in [0, 0.1) is 0 Å². The number of benzene rings is 1. The van der Waals surface area contributed by atoms with Crippen molar-refractivity contribution in [2.75, 3.05) is 0 Å². The molecule has 1 atom stereocenters. The number of unbranched alkanes of at least 4 members (excludes halogenated alkanes) is 2. The van der Waals surface area contributed by atoms with Crippen LogP contribution in [-0.2, 0) is 6.42 Å². The van der Waals surface area contributed by atoms with Crippen LogP contribution in [0.15, 0.2) is 24.3 Å². The largest absolute Gasteiger partial charge is 0.271 e. The Morgan fingerprint density at radius 1 is 1.31 bits per heavy atom. The third kappa shape index (κ3) is 4.52. The van der Waals surface area contributed by atoms with Crippen molar-refractivity contribution in [3.8, 4) is 0 Å². The highest BCUT2D eigenvalue weighted by Gasteiger charge is 2.09. The number of nitrogens with two attached hydrogens (primary N) is 1. The van der Waals surface area contributed by atoms with Gasteiger partial charge in [-0.25, -0.2) is 0 Å². The molecule has 0 fully saturated rings. The molecule has 0 spiro atoms. The first kappa shape index (κ1) is 13.5. The van der Waals surface area contributed by atoms with Gasteiger partial charge in [-0.15, -0.1) is 0 Å². The van der Waals surface area contributed by atoms with E-state index in [1.165, 1.54) is 24.8 Å². The lowest BCUT2D eigenvalue weighted by Crippen LogP contribution is -2.36. The van der Waals surface area contributed by atoms with Crippen molar-refractivity contribution in [2.24, 2.45) is 5.84 Å². The van der Waals surface area contributed by atoms with Crippen molar-refractivity contribution < 1.29 is 0 Å². The molecule has 0 aliphatic heterocycles. The monoisotopic (exact) mass is 240 g/mol. The third-order valence-electron chi connectivity index (χ3n) is 2.82. The molecule has 1 rings (SSSR count). The Labute approximate surface area is 103 Å². The van der Waals surface area contributed by atoms with Crippen LogP contribution in [0.2, 0.25) is 5.02 Å². The average molecular weight is 241 g/mol. The molecule has 0 aromatic heterocycles. The van der Waals surface area contributed by atoms with Crippen molar-refractivity contribution in [2.45, 2.75) is 45.1 Å². The van der Waals surface area contributed by atoms with Crippen LogP contribution in [0.1, 0.15) is 38.2 Å². The highest BCUT2D eigenvalue weighted by molar-refractivity contribution is 6.31. The zero-order valence-corrected chi connectivity index (χ0v) is 10.6. The summed E-state index contributed by atoms with van der Waals surface area (Å²) in [6, 6.07) is 8.28. The normalized spacial score (nSPS) is 12.7. The Morgan fingerprint density at radius 3 is 2.69 bits per heavy atom. The highest BCUT2D eigenvalue weighted by Crippen LogP contribution is 2.18. The molecule has 0 saturated heterocycles. The minimum Gasteiger partial charge on any atom is -0.271 e. The van der Waals surface area contributed by atoms with E-state index >= 15 is 0 Å². The van der Waals surface area contributed by atoms with Crippen LogP contribution in [0.3, 0.4) is 0 Å². The molecule has 0 aliphatic carbocycles. The SMILES string of the molecule is CCCCCC(Cc1ccccc1Cl)NN. The summed E-state index contributed by atoms with van der Waals surface area (Å²) >= 11 is 6.12. The van der Waals surface area contributed by atoms with Crippen LogP contribution in [0.25, 0.3) is 0 Å². The smallest absolute Gasteiger partial charge is 0.0438 e. The molecule has 16 heavy (non-hydrogen) atoms. The summed E-state index contributed by atoms with van der Waals surface area (Å²) in [5, 5.41) is 0.832. The van der Waals surface area contributed by atoms with E-state index in [9.17, 15) is 0 Å². The van der Waals surface area contributed by atoms with Gasteiger partial charge in [0.2, 0.25) is 0 Å². The zero-order chi connectivity index (χ0) is 11.8. The molecule has 3 N–H and O–H groups in total. The molecular formula is C13H21ClN2. The highest BCUT2D eigenvalue weighted by atomic mass is 35.5. The van der Waals surface area contributed by atoms with Gasteiger partial charge in [-0.3, -0.25) is 11.3 Å². The van der Waals surface area contributed by atoms with Gasteiger partial charge < -0.3 is 0 Å². The van der Waals surface area contributed by atoms with Gasteiger partial charge in [0.05, 0.1) is 0 Å². The van der Waals surface area contributed by atoms with Crippen molar-refractivity contribution in [3.63, 3.8) is 0 Å². The van der Waals surface area contributed by atoms with E-state index in [4.69, 9.17) is 17.4 Å². The molecule has 0 amide bonds. The number of hydrazine groups is 1. The minimum atomic E-state index is 0.325. The van der Waals surface area contributed by atoms with Gasteiger partial charge in [-0.1, -0.05) is 56.0 Å². The summed E-state index contributed by atoms with van der Waals surface area (Å²) in [6.45, 7) is 2.21. The molecule has 3 heteroatoms. The predicted octanol–water partition coefficient (Wildman–Crippen LogP) is 3.29. The number of rotatable bonds is 7. The van der Waals surface area contributed by atoms with Crippen LogP contribution in [-0.4, -0.2) is 6.04 Å². The van der Waals surface area contributed by atoms with Gasteiger partial charge >= 0.3 is 0 Å². The standard InChI is InChI=1S/C13H21ClN2/c1-2-3-4-8-12(16-15)10-11-7-5-6-9-13(11)14/h5-7,9,12,16H,2-4,8,10,15H2,1H3. The van der Waals surface area contributed by atoms with Gasteiger partial charge in [0.25, 0.3) is 0 Å². The molecule has 1 aromatic rings. The van der Waals surface area contributed by atoms with E-state index in [2.05, 4.69) is 18.4 Å². The van der Waals surface area contributed by atoms with Crippen molar-refractivity contribution >= 4 is 11.6 Å². The maximum absolute atomic E-state index is 6.12. The Hall–Kier alpha value is -0.570. The third-order valence-corrected chi connectivity index (χ3v) is 3.18. The molecule has 0 aliphatic rings. The predicted molar refractivity (Wildman–Crippen MR) is 70.4 cm³/mol. The lowest BCUT2D eigenvalue weighted by Gasteiger charge is -2.16. The summed E-state index contributed by atoms with van der Waals surface area (Å²) in [5.41, 5.74) is 4.05. The van der Waals surface area contributed by atoms with E-state index in [1.807, 2.05) is 18.2 Å². The van der Waals surface area contributed by atoms with Crippen molar-refractivity contribution in [3.05, 3.63) is 34.9 Å². The van der Waals surface area contributed by atoms with E-state index in [-0.39, 0.29) is 0 Å². The first-order chi connectivity index (χ1) is 7.77. The van der Waals surface area contributed by atoms with Crippen LogP contribution in [0.5, 0.6) is 0 Å². The summed E-state index contributed by atoms with van der Waals surface area (Å²) < 4.78 is 0. The fourth-order valence-electron chi connectivity index (χ4n) is 1.81. The lowest BCUT2D eigenvalue weighted by atomic mass is 10.0. The Bertz CT molecular complexity index is 302. The zero-order valence-electron chi connectivity index (χ0n) is 9.88. The average Bonchev–Trinajstić information content (AvgIpc) is 2.30. The summed E-state index contributed by atoms with van der Waals surface area (Å²) in [4.78, 5) is 0. The van der Waals surface area contributed by atoms with Gasteiger partial charge in [0.15, 0.2) is 0 Å². The fourth-order valence-corrected chi connectivity index (χ4v) is 2.03. The number of hydrogen-bond acceptors (Lipinski definition) is 2. The second-order valence-corrected chi connectivity index (χ2v) is 4.56. The summed E-state index contributed by atoms with van der Waals surface area (Å²) in [7, 11) is 0. The molecule has 1 unspecified atom stereocenters. The van der Waals surface area contributed by atoms with Crippen molar-refractivity contribution in [1.29, 1.82) is 0 Å². The van der Waals surface area contributed by atoms with Crippen LogP contribution < -0.4 is 11.3 Å². The quantitative estimate of drug-likeness (QED) is 0.436. The first-order valence-electron chi connectivity index (χ1n) is 5.97. The second-order valence-electron chi connectivity index (χ2n) is 4.15. The molecule has 0 bridgehead atoms. The molecule has 0 heterocycles. The number of nitrogens with one attached hydrogen (secondary N) is 1. The maximum atomic E-state index is 6.12. The van der Waals surface area contributed by atoms with Gasteiger partial charge in [0.1, 0.15) is 0 Å². The molecule has 1 aromatic carbocycles. The van der Waals surface area contributed by atoms with Crippen molar-refractivity contribution in [1.82, 2.24) is 5.43 Å². The Kier molecular flexibility index (Phi) is 6.46. The van der Waals surface area contributed by atoms with E-state index < -0.39 is 0 Å². The van der Waals surface area contributed by atoms with E-state index in [0.29, 0.717) is 6.04 Å². The minimum absolute atomic E-state index is 0.325. The van der Waals surface area contributed by atoms with E-state index in [1.54, 1.807) is 0 Å². The van der Waals surface area contributed by atoms with Gasteiger partial charge in [-0.2, -0.15) is 0 Å². The topological polar surface area (TPSA) is 38.0 Å².